The lowest BCUT2D eigenvalue weighted by molar-refractivity contribution is -0.143. The van der Waals surface area contributed by atoms with Crippen LogP contribution in [0.2, 0.25) is 5.02 Å². The second-order valence-corrected chi connectivity index (χ2v) is 8.43. The summed E-state index contributed by atoms with van der Waals surface area (Å²) < 4.78 is 11.5. The zero-order chi connectivity index (χ0) is 22.2. The second-order valence-electron chi connectivity index (χ2n) is 7.99. The molecule has 0 aliphatic carbocycles. The molecule has 3 aliphatic rings. The summed E-state index contributed by atoms with van der Waals surface area (Å²) in [5.74, 6) is 0.602. The third kappa shape index (κ3) is 3.80. The van der Waals surface area contributed by atoms with Crippen molar-refractivity contribution in [1.29, 1.82) is 0 Å². The van der Waals surface area contributed by atoms with E-state index in [-0.39, 0.29) is 30.7 Å². The molecule has 2 saturated heterocycles. The number of hydrogen-bond donors (Lipinski definition) is 0. The van der Waals surface area contributed by atoms with Crippen molar-refractivity contribution < 1.29 is 23.9 Å². The predicted molar refractivity (Wildman–Crippen MR) is 117 cm³/mol. The van der Waals surface area contributed by atoms with Crippen LogP contribution in [0.4, 0.5) is 5.69 Å². The van der Waals surface area contributed by atoms with Gasteiger partial charge in [-0.05, 0) is 36.4 Å². The first-order valence-corrected chi connectivity index (χ1v) is 10.9. The van der Waals surface area contributed by atoms with Gasteiger partial charge in [-0.15, -0.1) is 0 Å². The smallest absolute Gasteiger partial charge is 0.267 e. The molecule has 0 saturated carbocycles. The Morgan fingerprint density at radius 1 is 0.938 bits per heavy atom. The molecule has 3 heterocycles. The summed E-state index contributed by atoms with van der Waals surface area (Å²) in [5, 5.41) is 0.543. The van der Waals surface area contributed by atoms with E-state index in [1.807, 2.05) is 23.1 Å². The van der Waals surface area contributed by atoms with Crippen LogP contribution in [-0.2, 0) is 14.4 Å². The van der Waals surface area contributed by atoms with Gasteiger partial charge in [0.2, 0.25) is 12.0 Å². The van der Waals surface area contributed by atoms with Crippen molar-refractivity contribution in [3.63, 3.8) is 0 Å². The van der Waals surface area contributed by atoms with Crippen molar-refractivity contribution >= 4 is 35.0 Å². The van der Waals surface area contributed by atoms with Crippen LogP contribution in [0.1, 0.15) is 6.42 Å². The largest absolute Gasteiger partial charge is 0.485 e. The van der Waals surface area contributed by atoms with E-state index in [9.17, 15) is 14.4 Å². The Morgan fingerprint density at radius 3 is 2.34 bits per heavy atom. The minimum atomic E-state index is -0.688. The third-order valence-electron chi connectivity index (χ3n) is 6.06. The van der Waals surface area contributed by atoms with Gasteiger partial charge in [0.25, 0.3) is 11.8 Å². The summed E-state index contributed by atoms with van der Waals surface area (Å²) in [6.45, 7) is 2.10. The number of piperazine rings is 1. The van der Waals surface area contributed by atoms with E-state index in [4.69, 9.17) is 21.1 Å². The Bertz CT molecular complexity index is 1050. The molecule has 2 atom stereocenters. The average Bonchev–Trinajstić information content (AvgIpc) is 3.12. The quantitative estimate of drug-likeness (QED) is 0.658. The molecule has 0 aromatic heterocycles. The standard InChI is InChI=1S/C23H22ClN3O5/c24-15-5-7-16(8-6-15)27-21(28)13-17(22(27)29)25-9-11-26(12-10-25)23(30)20-14-31-18-3-1-2-4-19(18)32-20/h1-8,17,20H,9-14H2/t17-,20+/m0/s1. The first-order valence-electron chi connectivity index (χ1n) is 10.5. The third-order valence-corrected chi connectivity index (χ3v) is 6.31. The number of para-hydroxylation sites is 2. The molecule has 2 aromatic carbocycles. The van der Waals surface area contributed by atoms with E-state index < -0.39 is 12.1 Å². The van der Waals surface area contributed by atoms with Crippen LogP contribution < -0.4 is 14.4 Å². The van der Waals surface area contributed by atoms with E-state index in [1.165, 1.54) is 4.90 Å². The summed E-state index contributed by atoms with van der Waals surface area (Å²) in [6, 6.07) is 13.4. The molecule has 0 N–H and O–H groups in total. The van der Waals surface area contributed by atoms with E-state index in [1.54, 1.807) is 35.2 Å². The van der Waals surface area contributed by atoms with Gasteiger partial charge < -0.3 is 14.4 Å². The van der Waals surface area contributed by atoms with Gasteiger partial charge in [0.1, 0.15) is 6.61 Å². The number of fused-ring (bicyclic) bond motifs is 1. The fourth-order valence-corrected chi connectivity index (χ4v) is 4.49. The number of nitrogens with zero attached hydrogens (tertiary/aromatic N) is 3. The number of hydrogen-bond acceptors (Lipinski definition) is 6. The first-order chi connectivity index (χ1) is 15.5. The number of imide groups is 1. The molecular formula is C23H22ClN3O5. The lowest BCUT2D eigenvalue weighted by Crippen LogP contribution is -2.57. The highest BCUT2D eigenvalue weighted by molar-refractivity contribution is 6.30. The molecule has 2 aromatic rings. The zero-order valence-electron chi connectivity index (χ0n) is 17.3. The van der Waals surface area contributed by atoms with Gasteiger partial charge in [0.15, 0.2) is 11.5 Å². The van der Waals surface area contributed by atoms with Crippen molar-refractivity contribution in [3.8, 4) is 11.5 Å². The SMILES string of the molecule is O=C([C@H]1COc2ccccc2O1)N1CCN([C@H]2CC(=O)N(c3ccc(Cl)cc3)C2=O)CC1. The zero-order valence-corrected chi connectivity index (χ0v) is 18.0. The summed E-state index contributed by atoms with van der Waals surface area (Å²) in [5.41, 5.74) is 0.524. The maximum Gasteiger partial charge on any atom is 0.267 e. The van der Waals surface area contributed by atoms with Crippen LogP contribution in [0.15, 0.2) is 48.5 Å². The van der Waals surface area contributed by atoms with Gasteiger partial charge in [-0.3, -0.25) is 19.3 Å². The molecule has 0 radical (unpaired) electrons. The molecule has 5 rings (SSSR count). The Labute approximate surface area is 190 Å². The Hall–Kier alpha value is -3.10. The Morgan fingerprint density at radius 2 is 1.62 bits per heavy atom. The molecule has 32 heavy (non-hydrogen) atoms. The predicted octanol–water partition coefficient (Wildman–Crippen LogP) is 1.96. The maximum atomic E-state index is 13.0. The van der Waals surface area contributed by atoms with Crippen LogP contribution in [-0.4, -0.2) is 72.5 Å². The maximum absolute atomic E-state index is 13.0. The van der Waals surface area contributed by atoms with Gasteiger partial charge in [0.05, 0.1) is 18.2 Å². The van der Waals surface area contributed by atoms with Crippen molar-refractivity contribution in [1.82, 2.24) is 9.80 Å². The van der Waals surface area contributed by atoms with Gasteiger partial charge in [0, 0.05) is 31.2 Å². The number of rotatable bonds is 3. The highest BCUT2D eigenvalue weighted by Gasteiger charge is 2.44. The normalized spacial score (nSPS) is 23.5. The first kappa shape index (κ1) is 20.8. The number of benzene rings is 2. The molecule has 8 nitrogen and oxygen atoms in total. The molecule has 166 valence electrons. The van der Waals surface area contributed by atoms with Crippen LogP contribution in [0.25, 0.3) is 0 Å². The lowest BCUT2D eigenvalue weighted by atomic mass is 10.1. The average molecular weight is 456 g/mol. The lowest BCUT2D eigenvalue weighted by Gasteiger charge is -2.38. The topological polar surface area (TPSA) is 79.4 Å². The van der Waals surface area contributed by atoms with Gasteiger partial charge in [-0.2, -0.15) is 0 Å². The van der Waals surface area contributed by atoms with Crippen LogP contribution in [0.5, 0.6) is 11.5 Å². The minimum absolute atomic E-state index is 0.129. The van der Waals surface area contributed by atoms with Crippen LogP contribution >= 0.6 is 11.6 Å². The summed E-state index contributed by atoms with van der Waals surface area (Å²) in [7, 11) is 0. The number of carbonyl (C=O) groups is 3. The second kappa shape index (κ2) is 8.44. The highest BCUT2D eigenvalue weighted by atomic mass is 35.5. The number of amides is 3. The summed E-state index contributed by atoms with van der Waals surface area (Å²) in [4.78, 5) is 43.4. The fourth-order valence-electron chi connectivity index (χ4n) is 4.36. The Balaban J connectivity index is 1.20. The van der Waals surface area contributed by atoms with Gasteiger partial charge >= 0.3 is 0 Å². The van der Waals surface area contributed by atoms with E-state index in [0.29, 0.717) is 48.4 Å². The number of anilines is 1. The van der Waals surface area contributed by atoms with Crippen molar-refractivity contribution in [2.24, 2.45) is 0 Å². The van der Waals surface area contributed by atoms with Crippen molar-refractivity contribution in [2.75, 3.05) is 37.7 Å². The van der Waals surface area contributed by atoms with E-state index in [0.717, 1.165) is 0 Å². The molecule has 2 fully saturated rings. The van der Waals surface area contributed by atoms with Crippen LogP contribution in [0, 0.1) is 0 Å². The van der Waals surface area contributed by atoms with E-state index >= 15 is 0 Å². The Kier molecular flexibility index (Phi) is 5.48. The minimum Gasteiger partial charge on any atom is -0.485 e. The van der Waals surface area contributed by atoms with Crippen LogP contribution in [0.3, 0.4) is 0 Å². The number of halogens is 1. The van der Waals surface area contributed by atoms with Gasteiger partial charge in [-0.25, -0.2) is 4.90 Å². The molecule has 9 heteroatoms. The summed E-state index contributed by atoms with van der Waals surface area (Å²) >= 11 is 5.92. The van der Waals surface area contributed by atoms with Crippen molar-refractivity contribution in [3.05, 3.63) is 53.6 Å². The molecule has 0 spiro atoms. The monoisotopic (exact) mass is 455 g/mol. The molecule has 0 bridgehead atoms. The van der Waals surface area contributed by atoms with E-state index in [2.05, 4.69) is 0 Å². The molecular weight excluding hydrogens is 434 g/mol. The number of carbonyl (C=O) groups excluding carboxylic acids is 3. The summed E-state index contributed by atoms with van der Waals surface area (Å²) in [6.07, 6.45) is -0.558. The molecule has 3 aliphatic heterocycles. The fraction of sp³-hybridized carbons (Fsp3) is 0.348. The molecule has 0 unspecified atom stereocenters. The number of ether oxygens (including phenoxy) is 2. The highest BCUT2D eigenvalue weighted by Crippen LogP contribution is 2.32. The van der Waals surface area contributed by atoms with Crippen molar-refractivity contribution in [2.45, 2.75) is 18.6 Å². The van der Waals surface area contributed by atoms with Gasteiger partial charge in [-0.1, -0.05) is 23.7 Å². The molecule has 3 amide bonds.